The molecule has 2 aliphatic carbocycles. The molecule has 2 fully saturated rings. The number of carbonyl (C=O) groups excluding carboxylic acids is 1. The van der Waals surface area contributed by atoms with E-state index in [2.05, 4.69) is 24.3 Å². The van der Waals surface area contributed by atoms with Gasteiger partial charge in [-0.15, -0.1) is 0 Å². The molecule has 0 bridgehead atoms. The molecule has 0 radical (unpaired) electrons. The minimum atomic E-state index is -0.216. The first kappa shape index (κ1) is 12.8. The van der Waals surface area contributed by atoms with Gasteiger partial charge in [0.05, 0.1) is 5.41 Å². The Balaban J connectivity index is 1.90. The van der Waals surface area contributed by atoms with Gasteiger partial charge < -0.3 is 16.0 Å². The maximum atomic E-state index is 12.1. The summed E-state index contributed by atoms with van der Waals surface area (Å²) in [5.41, 5.74) is 5.64. The highest BCUT2D eigenvalue weighted by Gasteiger charge is 2.49. The van der Waals surface area contributed by atoms with Gasteiger partial charge in [0, 0.05) is 18.6 Å². The molecule has 0 saturated heterocycles. The van der Waals surface area contributed by atoms with Crippen LogP contribution in [-0.2, 0) is 4.79 Å². The van der Waals surface area contributed by atoms with Crippen LogP contribution in [0.1, 0.15) is 38.5 Å². The molecule has 17 heavy (non-hydrogen) atoms. The third kappa shape index (κ3) is 2.33. The SMILES string of the molecule is CN(C)C1(CNC(=O)C2(CN)CC2)CCCC1. The van der Waals surface area contributed by atoms with Gasteiger partial charge in [-0.25, -0.2) is 0 Å². The summed E-state index contributed by atoms with van der Waals surface area (Å²) in [6.07, 6.45) is 6.85. The Kier molecular flexibility index (Phi) is 3.46. The molecule has 1 amide bonds. The molecule has 0 atom stereocenters. The monoisotopic (exact) mass is 239 g/mol. The summed E-state index contributed by atoms with van der Waals surface area (Å²) in [4.78, 5) is 14.4. The van der Waals surface area contributed by atoms with Crippen molar-refractivity contribution in [1.82, 2.24) is 10.2 Å². The first-order valence-corrected chi connectivity index (χ1v) is 6.71. The van der Waals surface area contributed by atoms with E-state index in [0.717, 1.165) is 19.4 Å². The van der Waals surface area contributed by atoms with Gasteiger partial charge in [0.2, 0.25) is 5.91 Å². The Labute approximate surface area is 104 Å². The van der Waals surface area contributed by atoms with Gasteiger partial charge in [-0.05, 0) is 39.8 Å². The van der Waals surface area contributed by atoms with E-state index in [-0.39, 0.29) is 16.9 Å². The van der Waals surface area contributed by atoms with Crippen LogP contribution >= 0.6 is 0 Å². The third-order valence-corrected chi connectivity index (χ3v) is 4.79. The highest BCUT2D eigenvalue weighted by molar-refractivity contribution is 5.85. The number of carbonyl (C=O) groups is 1. The van der Waals surface area contributed by atoms with Crippen LogP contribution in [0.4, 0.5) is 0 Å². The number of hydrogen-bond acceptors (Lipinski definition) is 3. The lowest BCUT2D eigenvalue weighted by molar-refractivity contribution is -0.126. The van der Waals surface area contributed by atoms with Gasteiger partial charge in [0.25, 0.3) is 0 Å². The number of likely N-dealkylation sites (N-methyl/N-ethyl adjacent to an activating group) is 1. The maximum absolute atomic E-state index is 12.1. The van der Waals surface area contributed by atoms with Crippen LogP contribution in [0.25, 0.3) is 0 Å². The topological polar surface area (TPSA) is 58.4 Å². The van der Waals surface area contributed by atoms with E-state index in [1.165, 1.54) is 25.7 Å². The minimum Gasteiger partial charge on any atom is -0.354 e. The Morgan fingerprint density at radius 2 is 1.82 bits per heavy atom. The van der Waals surface area contributed by atoms with E-state index in [1.807, 2.05) is 0 Å². The predicted molar refractivity (Wildman–Crippen MR) is 68.6 cm³/mol. The van der Waals surface area contributed by atoms with E-state index in [1.54, 1.807) is 0 Å². The Morgan fingerprint density at radius 1 is 1.24 bits per heavy atom. The Bertz CT molecular complexity index is 291. The van der Waals surface area contributed by atoms with Crippen molar-refractivity contribution in [2.45, 2.75) is 44.1 Å². The fourth-order valence-electron chi connectivity index (χ4n) is 2.92. The Hall–Kier alpha value is -0.610. The maximum Gasteiger partial charge on any atom is 0.227 e. The average molecular weight is 239 g/mol. The fourth-order valence-corrected chi connectivity index (χ4v) is 2.92. The molecule has 2 rings (SSSR count). The van der Waals surface area contributed by atoms with E-state index >= 15 is 0 Å². The lowest BCUT2D eigenvalue weighted by Gasteiger charge is -2.36. The number of rotatable bonds is 5. The standard InChI is InChI=1S/C13H25N3O/c1-16(2)13(5-3-4-6-13)10-15-11(17)12(9-14)7-8-12/h3-10,14H2,1-2H3,(H,15,17). The molecule has 4 nitrogen and oxygen atoms in total. The Morgan fingerprint density at radius 3 is 2.24 bits per heavy atom. The zero-order valence-corrected chi connectivity index (χ0v) is 11.1. The van der Waals surface area contributed by atoms with Gasteiger partial charge in [0.1, 0.15) is 0 Å². The quantitative estimate of drug-likeness (QED) is 0.743. The van der Waals surface area contributed by atoms with Crippen LogP contribution in [0.15, 0.2) is 0 Å². The van der Waals surface area contributed by atoms with E-state index in [9.17, 15) is 4.79 Å². The molecular formula is C13H25N3O. The molecule has 98 valence electrons. The molecule has 3 N–H and O–H groups in total. The number of nitrogens with two attached hydrogens (primary N) is 1. The zero-order chi connectivity index (χ0) is 12.5. The molecule has 0 aromatic rings. The van der Waals surface area contributed by atoms with Gasteiger partial charge in [0.15, 0.2) is 0 Å². The normalized spacial score (nSPS) is 24.9. The number of amides is 1. The summed E-state index contributed by atoms with van der Waals surface area (Å²) >= 11 is 0. The molecule has 0 spiro atoms. The summed E-state index contributed by atoms with van der Waals surface area (Å²) in [6.45, 7) is 1.27. The van der Waals surface area contributed by atoms with Crippen molar-refractivity contribution < 1.29 is 4.79 Å². The van der Waals surface area contributed by atoms with Gasteiger partial charge in [-0.3, -0.25) is 4.79 Å². The predicted octanol–water partition coefficient (Wildman–Crippen LogP) is 0.716. The third-order valence-electron chi connectivity index (χ3n) is 4.79. The second kappa shape index (κ2) is 4.58. The summed E-state index contributed by atoms with van der Waals surface area (Å²) in [5, 5.41) is 3.14. The van der Waals surface area contributed by atoms with E-state index < -0.39 is 0 Å². The summed E-state index contributed by atoms with van der Waals surface area (Å²) in [6, 6.07) is 0. The van der Waals surface area contributed by atoms with Gasteiger partial charge in [-0.1, -0.05) is 12.8 Å². The smallest absolute Gasteiger partial charge is 0.227 e. The first-order valence-electron chi connectivity index (χ1n) is 6.71. The van der Waals surface area contributed by atoms with Crippen molar-refractivity contribution in [3.05, 3.63) is 0 Å². The van der Waals surface area contributed by atoms with Crippen molar-refractivity contribution in [3.8, 4) is 0 Å². The second-order valence-corrected chi connectivity index (χ2v) is 5.99. The molecule has 2 aliphatic rings. The molecule has 0 aliphatic heterocycles. The average Bonchev–Trinajstić information content (AvgIpc) is 2.97. The van der Waals surface area contributed by atoms with Crippen LogP contribution < -0.4 is 11.1 Å². The fraction of sp³-hybridized carbons (Fsp3) is 0.923. The minimum absolute atomic E-state index is 0.174. The van der Waals surface area contributed by atoms with Crippen LogP contribution in [0, 0.1) is 5.41 Å². The molecule has 0 aromatic heterocycles. The van der Waals surface area contributed by atoms with Crippen molar-refractivity contribution in [2.75, 3.05) is 27.2 Å². The van der Waals surface area contributed by atoms with E-state index in [0.29, 0.717) is 6.54 Å². The largest absolute Gasteiger partial charge is 0.354 e. The molecule has 0 heterocycles. The summed E-state index contributed by atoms with van der Waals surface area (Å²) < 4.78 is 0. The van der Waals surface area contributed by atoms with Crippen molar-refractivity contribution in [3.63, 3.8) is 0 Å². The lowest BCUT2D eigenvalue weighted by atomic mass is 9.95. The zero-order valence-electron chi connectivity index (χ0n) is 11.1. The summed E-state index contributed by atoms with van der Waals surface area (Å²) in [7, 11) is 4.24. The number of hydrogen-bond donors (Lipinski definition) is 2. The molecular weight excluding hydrogens is 214 g/mol. The van der Waals surface area contributed by atoms with E-state index in [4.69, 9.17) is 5.73 Å². The van der Waals surface area contributed by atoms with Crippen molar-refractivity contribution in [1.29, 1.82) is 0 Å². The lowest BCUT2D eigenvalue weighted by Crippen LogP contribution is -2.52. The van der Waals surface area contributed by atoms with Crippen LogP contribution in [-0.4, -0.2) is 43.5 Å². The van der Waals surface area contributed by atoms with Crippen LogP contribution in [0.3, 0.4) is 0 Å². The van der Waals surface area contributed by atoms with Crippen molar-refractivity contribution >= 4 is 5.91 Å². The van der Waals surface area contributed by atoms with Crippen molar-refractivity contribution in [2.24, 2.45) is 11.1 Å². The number of nitrogens with zero attached hydrogens (tertiary/aromatic N) is 1. The van der Waals surface area contributed by atoms with Crippen LogP contribution in [0.5, 0.6) is 0 Å². The first-order chi connectivity index (χ1) is 8.05. The number of nitrogens with one attached hydrogen (secondary N) is 1. The molecule has 0 aromatic carbocycles. The summed E-state index contributed by atoms with van der Waals surface area (Å²) in [5.74, 6) is 0.174. The molecule has 0 unspecified atom stereocenters. The molecule has 4 heteroatoms. The second-order valence-electron chi connectivity index (χ2n) is 5.99. The van der Waals surface area contributed by atoms with Crippen LogP contribution in [0.2, 0.25) is 0 Å². The van der Waals surface area contributed by atoms with Gasteiger partial charge >= 0.3 is 0 Å². The highest BCUT2D eigenvalue weighted by Crippen LogP contribution is 2.44. The van der Waals surface area contributed by atoms with Gasteiger partial charge in [-0.2, -0.15) is 0 Å². The molecule has 2 saturated carbocycles. The highest BCUT2D eigenvalue weighted by atomic mass is 16.2.